The van der Waals surface area contributed by atoms with Gasteiger partial charge in [-0.15, -0.1) is 11.3 Å². The van der Waals surface area contributed by atoms with Gasteiger partial charge in [0.2, 0.25) is 0 Å². The first-order valence-corrected chi connectivity index (χ1v) is 7.24. The Labute approximate surface area is 121 Å². The molecule has 0 spiro atoms. The molecule has 0 saturated carbocycles. The van der Waals surface area contributed by atoms with E-state index in [0.29, 0.717) is 16.1 Å². The summed E-state index contributed by atoms with van der Waals surface area (Å²) in [6, 6.07) is 4.55. The second-order valence-electron chi connectivity index (χ2n) is 4.67. The van der Waals surface area contributed by atoms with Crippen molar-refractivity contribution in [3.8, 4) is 10.6 Å². The fourth-order valence-corrected chi connectivity index (χ4v) is 3.02. The molecule has 1 N–H and O–H groups in total. The van der Waals surface area contributed by atoms with Crippen LogP contribution < -0.4 is 0 Å². The summed E-state index contributed by atoms with van der Waals surface area (Å²) < 4.78 is 14.2. The Balaban J connectivity index is 2.41. The molecule has 1 unspecified atom stereocenters. The minimum absolute atomic E-state index is 0.424. The molecule has 1 heterocycles. The maximum atomic E-state index is 14.2. The van der Waals surface area contributed by atoms with Gasteiger partial charge in [0.1, 0.15) is 10.8 Å². The number of carboxylic acid groups (broad SMARTS) is 1. The highest BCUT2D eigenvalue weighted by Crippen LogP contribution is 2.31. The number of halogens is 1. The molecular weight excluding hydrogens is 277 g/mol. The molecule has 0 saturated heterocycles. The summed E-state index contributed by atoms with van der Waals surface area (Å²) in [6.07, 6.45) is 0.818. The number of aryl methyl sites for hydroxylation is 2. The number of benzene rings is 1. The highest BCUT2D eigenvalue weighted by atomic mass is 32.1. The zero-order valence-corrected chi connectivity index (χ0v) is 12.4. The van der Waals surface area contributed by atoms with Crippen LogP contribution in [0.5, 0.6) is 0 Å². The fraction of sp³-hybridized carbons (Fsp3) is 0.333. The van der Waals surface area contributed by atoms with Crippen molar-refractivity contribution in [1.29, 1.82) is 0 Å². The Morgan fingerprint density at radius 1 is 1.50 bits per heavy atom. The molecule has 2 aromatic rings. The smallest absolute Gasteiger partial charge is 0.310 e. The van der Waals surface area contributed by atoms with Crippen LogP contribution in [0.4, 0.5) is 4.39 Å². The van der Waals surface area contributed by atoms with Gasteiger partial charge in [0.25, 0.3) is 0 Å². The largest absolute Gasteiger partial charge is 0.481 e. The minimum atomic E-state index is -0.962. The lowest BCUT2D eigenvalue weighted by Crippen LogP contribution is -2.07. The van der Waals surface area contributed by atoms with Gasteiger partial charge in [-0.1, -0.05) is 13.0 Å². The average Bonchev–Trinajstić information content (AvgIpc) is 2.78. The molecule has 20 heavy (non-hydrogen) atoms. The third kappa shape index (κ3) is 2.72. The van der Waals surface area contributed by atoms with Crippen LogP contribution in [0.2, 0.25) is 0 Å². The second-order valence-corrected chi connectivity index (χ2v) is 5.88. The molecule has 0 aliphatic carbocycles. The third-order valence-electron chi connectivity index (χ3n) is 3.32. The Morgan fingerprint density at radius 2 is 2.20 bits per heavy atom. The average molecular weight is 293 g/mol. The van der Waals surface area contributed by atoms with Crippen molar-refractivity contribution in [2.45, 2.75) is 33.1 Å². The van der Waals surface area contributed by atoms with Crippen molar-refractivity contribution in [2.24, 2.45) is 0 Å². The maximum Gasteiger partial charge on any atom is 0.310 e. The van der Waals surface area contributed by atoms with E-state index in [1.54, 1.807) is 19.1 Å². The van der Waals surface area contributed by atoms with Gasteiger partial charge in [-0.25, -0.2) is 9.37 Å². The predicted octanol–water partition coefficient (Wildman–Crippen LogP) is 4.01. The van der Waals surface area contributed by atoms with Gasteiger partial charge >= 0.3 is 5.97 Å². The third-order valence-corrected chi connectivity index (χ3v) is 4.37. The number of carbonyl (C=O) groups is 1. The van der Waals surface area contributed by atoms with Crippen molar-refractivity contribution >= 4 is 17.3 Å². The van der Waals surface area contributed by atoms with E-state index in [2.05, 4.69) is 4.98 Å². The second kappa shape index (κ2) is 5.71. The lowest BCUT2D eigenvalue weighted by atomic mass is 10.00. The summed E-state index contributed by atoms with van der Waals surface area (Å²) in [5, 5.41) is 9.60. The number of rotatable bonds is 4. The summed E-state index contributed by atoms with van der Waals surface area (Å²) in [7, 11) is 0. The zero-order chi connectivity index (χ0) is 14.9. The molecule has 0 bridgehead atoms. The topological polar surface area (TPSA) is 50.2 Å². The highest BCUT2D eigenvalue weighted by Gasteiger charge is 2.17. The van der Waals surface area contributed by atoms with Crippen LogP contribution in [-0.4, -0.2) is 16.1 Å². The number of hydrogen-bond acceptors (Lipinski definition) is 3. The standard InChI is InChI=1S/C15H16FNO2S/c1-4-13-9(3)20-14(17-13)11-6-5-10(7-12(11)16)8(2)15(18)19/h5-8H,4H2,1-3H3,(H,18,19). The lowest BCUT2D eigenvalue weighted by molar-refractivity contribution is -0.138. The van der Waals surface area contributed by atoms with Gasteiger partial charge < -0.3 is 5.11 Å². The first kappa shape index (κ1) is 14.7. The Kier molecular flexibility index (Phi) is 4.18. The Morgan fingerprint density at radius 3 is 2.70 bits per heavy atom. The van der Waals surface area contributed by atoms with Gasteiger partial charge in [0.15, 0.2) is 0 Å². The number of aliphatic carboxylic acids is 1. The van der Waals surface area contributed by atoms with Gasteiger partial charge in [-0.3, -0.25) is 4.79 Å². The van der Waals surface area contributed by atoms with Crippen LogP contribution in [0.3, 0.4) is 0 Å². The number of hydrogen-bond donors (Lipinski definition) is 1. The number of nitrogens with zero attached hydrogens (tertiary/aromatic N) is 1. The van der Waals surface area contributed by atoms with Crippen molar-refractivity contribution < 1.29 is 14.3 Å². The van der Waals surface area contributed by atoms with Crippen molar-refractivity contribution in [2.75, 3.05) is 0 Å². The SMILES string of the molecule is CCc1nc(-c2ccc(C(C)C(=O)O)cc2F)sc1C. The van der Waals surface area contributed by atoms with E-state index in [-0.39, 0.29) is 0 Å². The molecule has 106 valence electrons. The van der Waals surface area contributed by atoms with Crippen molar-refractivity contribution in [1.82, 2.24) is 4.98 Å². The van der Waals surface area contributed by atoms with E-state index < -0.39 is 17.7 Å². The molecule has 3 nitrogen and oxygen atoms in total. The molecule has 5 heteroatoms. The summed E-state index contributed by atoms with van der Waals surface area (Å²) in [5.74, 6) is -2.11. The van der Waals surface area contributed by atoms with Gasteiger partial charge in [0, 0.05) is 10.4 Å². The van der Waals surface area contributed by atoms with E-state index >= 15 is 0 Å². The molecule has 2 rings (SSSR count). The molecular formula is C15H16FNO2S. The summed E-state index contributed by atoms with van der Waals surface area (Å²) in [5.41, 5.74) is 1.87. The van der Waals surface area contributed by atoms with E-state index in [4.69, 9.17) is 5.11 Å². The van der Waals surface area contributed by atoms with Crippen LogP contribution in [0, 0.1) is 12.7 Å². The number of thiazole rings is 1. The number of aromatic nitrogens is 1. The van der Waals surface area contributed by atoms with Crippen LogP contribution in [0.1, 0.15) is 35.9 Å². The van der Waals surface area contributed by atoms with Gasteiger partial charge in [-0.05, 0) is 38.0 Å². The zero-order valence-electron chi connectivity index (χ0n) is 11.6. The first-order chi connectivity index (χ1) is 9.43. The predicted molar refractivity (Wildman–Crippen MR) is 77.7 cm³/mol. The molecule has 1 atom stereocenters. The van der Waals surface area contributed by atoms with Crippen LogP contribution in [0.25, 0.3) is 10.6 Å². The Hall–Kier alpha value is -1.75. The van der Waals surface area contributed by atoms with E-state index in [9.17, 15) is 9.18 Å². The van der Waals surface area contributed by atoms with Crippen molar-refractivity contribution in [3.63, 3.8) is 0 Å². The fourth-order valence-electron chi connectivity index (χ4n) is 1.99. The van der Waals surface area contributed by atoms with E-state index in [0.717, 1.165) is 17.0 Å². The van der Waals surface area contributed by atoms with E-state index in [1.165, 1.54) is 17.4 Å². The maximum absolute atomic E-state index is 14.2. The molecule has 1 aromatic carbocycles. The normalized spacial score (nSPS) is 12.4. The monoisotopic (exact) mass is 293 g/mol. The van der Waals surface area contributed by atoms with Crippen LogP contribution in [-0.2, 0) is 11.2 Å². The molecule has 0 amide bonds. The summed E-state index contributed by atoms with van der Waals surface area (Å²) >= 11 is 1.46. The summed E-state index contributed by atoms with van der Waals surface area (Å²) in [6.45, 7) is 5.53. The lowest BCUT2D eigenvalue weighted by Gasteiger charge is -2.08. The molecule has 0 aliphatic heterocycles. The minimum Gasteiger partial charge on any atom is -0.481 e. The highest BCUT2D eigenvalue weighted by molar-refractivity contribution is 7.15. The molecule has 1 aromatic heterocycles. The Bertz CT molecular complexity index is 651. The van der Waals surface area contributed by atoms with Crippen molar-refractivity contribution in [3.05, 3.63) is 40.2 Å². The molecule has 0 radical (unpaired) electrons. The molecule has 0 aliphatic rings. The molecule has 0 fully saturated rings. The first-order valence-electron chi connectivity index (χ1n) is 6.43. The summed E-state index contributed by atoms with van der Waals surface area (Å²) in [4.78, 5) is 16.4. The van der Waals surface area contributed by atoms with Crippen LogP contribution >= 0.6 is 11.3 Å². The van der Waals surface area contributed by atoms with Gasteiger partial charge in [0.05, 0.1) is 11.6 Å². The quantitative estimate of drug-likeness (QED) is 0.926. The van der Waals surface area contributed by atoms with E-state index in [1.807, 2.05) is 13.8 Å². The number of carboxylic acids is 1. The van der Waals surface area contributed by atoms with Crippen LogP contribution in [0.15, 0.2) is 18.2 Å². The van der Waals surface area contributed by atoms with Gasteiger partial charge in [-0.2, -0.15) is 0 Å².